The van der Waals surface area contributed by atoms with Crippen LogP contribution in [-0.4, -0.2) is 17.0 Å². The monoisotopic (exact) mass is 224 g/mol. The lowest BCUT2D eigenvalue weighted by molar-refractivity contribution is -0.132. The summed E-state index contributed by atoms with van der Waals surface area (Å²) in [6.45, 7) is 1.75. The van der Waals surface area contributed by atoms with Crippen LogP contribution in [-0.2, 0) is 9.59 Å². The molecule has 0 aromatic carbocycles. The topological polar surface area (TPSA) is 104 Å². The minimum Gasteiger partial charge on any atom is -0.478 e. The van der Waals surface area contributed by atoms with Crippen LogP contribution in [0.5, 0.6) is 0 Å². The van der Waals surface area contributed by atoms with Crippen LogP contribution in [0, 0.1) is 17.2 Å². The van der Waals surface area contributed by atoms with E-state index in [2.05, 4.69) is 0 Å². The van der Waals surface area contributed by atoms with Crippen molar-refractivity contribution in [1.82, 2.24) is 0 Å². The van der Waals surface area contributed by atoms with Crippen molar-refractivity contribution in [3.63, 3.8) is 0 Å². The first-order chi connectivity index (χ1) is 7.52. The van der Waals surface area contributed by atoms with Crippen LogP contribution >= 0.6 is 0 Å². The number of amides is 1. The first kappa shape index (κ1) is 14.2. The van der Waals surface area contributed by atoms with Crippen LogP contribution in [0.2, 0.25) is 0 Å². The minimum absolute atomic E-state index is 0.506. The van der Waals surface area contributed by atoms with Gasteiger partial charge in [0.15, 0.2) is 0 Å². The number of nitrogens with zero attached hydrogens (tertiary/aromatic N) is 1. The fourth-order valence-electron chi connectivity index (χ4n) is 1.22. The molecule has 3 N–H and O–H groups in total. The molecule has 0 saturated heterocycles. The number of nitriles is 1. The van der Waals surface area contributed by atoms with Gasteiger partial charge in [-0.3, -0.25) is 4.79 Å². The fourth-order valence-corrected chi connectivity index (χ4v) is 1.22. The average Bonchev–Trinajstić information content (AvgIpc) is 2.72. The second kappa shape index (κ2) is 7.46. The Morgan fingerprint density at radius 1 is 1.69 bits per heavy atom. The Labute approximate surface area is 94.5 Å². The van der Waals surface area contributed by atoms with Crippen molar-refractivity contribution in [1.29, 1.82) is 5.26 Å². The summed E-state index contributed by atoms with van der Waals surface area (Å²) < 4.78 is 0. The van der Waals surface area contributed by atoms with Crippen LogP contribution in [0.3, 0.4) is 0 Å². The van der Waals surface area contributed by atoms with Gasteiger partial charge in [-0.05, 0) is 25.7 Å². The van der Waals surface area contributed by atoms with E-state index in [1.54, 1.807) is 19.1 Å². The van der Waals surface area contributed by atoms with Crippen LogP contribution in [0.25, 0.3) is 0 Å². The van der Waals surface area contributed by atoms with Gasteiger partial charge in [-0.25, -0.2) is 4.79 Å². The number of aliphatic carboxylic acids is 1. The number of hydrogen-bond acceptors (Lipinski definition) is 3. The second-order valence-electron chi connectivity index (χ2n) is 3.42. The van der Waals surface area contributed by atoms with Gasteiger partial charge >= 0.3 is 5.97 Å². The number of carbonyl (C=O) groups excluding carboxylic acids is 1. The number of carboxylic acid groups (broad SMARTS) is 1. The first-order valence-electron chi connectivity index (χ1n) is 5.14. The van der Waals surface area contributed by atoms with E-state index in [-0.39, 0.29) is 0 Å². The van der Waals surface area contributed by atoms with Crippen LogP contribution in [0.4, 0.5) is 0 Å². The van der Waals surface area contributed by atoms with Gasteiger partial charge in [0.1, 0.15) is 5.92 Å². The molecule has 1 unspecified atom stereocenters. The zero-order valence-corrected chi connectivity index (χ0v) is 9.27. The van der Waals surface area contributed by atoms with Gasteiger partial charge in [0.25, 0.3) is 0 Å². The van der Waals surface area contributed by atoms with E-state index in [1.165, 1.54) is 0 Å². The largest absolute Gasteiger partial charge is 0.478 e. The highest BCUT2D eigenvalue weighted by Crippen LogP contribution is 2.16. The summed E-state index contributed by atoms with van der Waals surface area (Å²) in [6.07, 6.45) is 5.02. The summed E-state index contributed by atoms with van der Waals surface area (Å²) >= 11 is 0. The summed E-state index contributed by atoms with van der Waals surface area (Å²) in [5.74, 6) is -1.88. The molecule has 5 nitrogen and oxygen atoms in total. The lowest BCUT2D eigenvalue weighted by Gasteiger charge is -1.94. The molecule has 0 aromatic rings. The summed E-state index contributed by atoms with van der Waals surface area (Å²) in [4.78, 5) is 20.3. The molecule has 1 amide bonds. The normalized spacial score (nSPS) is 15.1. The molecule has 1 atom stereocenters. The minimum atomic E-state index is -0.748. The smallest absolute Gasteiger partial charge is 0.331 e. The fraction of sp³-hybridized carbons (Fsp3) is 0.545. The molecule has 0 aromatic heterocycles. The Morgan fingerprint density at radius 3 is 2.44 bits per heavy atom. The van der Waals surface area contributed by atoms with E-state index >= 15 is 0 Å². The molecule has 1 aliphatic rings. The molecule has 0 radical (unpaired) electrons. The van der Waals surface area contributed by atoms with Gasteiger partial charge < -0.3 is 10.8 Å². The van der Waals surface area contributed by atoms with E-state index in [9.17, 15) is 9.59 Å². The van der Waals surface area contributed by atoms with Crippen molar-refractivity contribution in [2.45, 2.75) is 32.6 Å². The predicted octanol–water partition coefficient (Wildman–Crippen LogP) is 1.20. The molecule has 0 spiro atoms. The van der Waals surface area contributed by atoms with E-state index in [0.29, 0.717) is 12.0 Å². The highest BCUT2D eigenvalue weighted by Gasteiger charge is 2.10. The third kappa shape index (κ3) is 5.15. The molecule has 88 valence electrons. The average molecular weight is 224 g/mol. The second-order valence-corrected chi connectivity index (χ2v) is 3.42. The lowest BCUT2D eigenvalue weighted by Crippen LogP contribution is -2.20. The van der Waals surface area contributed by atoms with Gasteiger partial charge in [-0.1, -0.05) is 13.0 Å². The number of rotatable bonds is 3. The Bertz CT molecular complexity index is 329. The maximum absolute atomic E-state index is 10.2. The number of allylic oxidation sites excluding steroid dienone is 1. The van der Waals surface area contributed by atoms with Crippen molar-refractivity contribution in [3.05, 3.63) is 11.6 Å². The molecule has 0 fully saturated rings. The maximum Gasteiger partial charge on any atom is 0.331 e. The zero-order chi connectivity index (χ0) is 12.6. The van der Waals surface area contributed by atoms with Gasteiger partial charge in [-0.15, -0.1) is 0 Å². The maximum atomic E-state index is 10.2. The Morgan fingerprint density at radius 2 is 2.31 bits per heavy atom. The summed E-state index contributed by atoms with van der Waals surface area (Å²) in [7, 11) is 0. The highest BCUT2D eigenvalue weighted by molar-refractivity contribution is 5.86. The van der Waals surface area contributed by atoms with E-state index < -0.39 is 17.8 Å². The number of hydrogen-bond donors (Lipinski definition) is 2. The Kier molecular flexibility index (Phi) is 6.61. The first-order valence-corrected chi connectivity index (χ1v) is 5.14. The molecule has 1 rings (SSSR count). The van der Waals surface area contributed by atoms with E-state index in [1.807, 2.05) is 0 Å². The Hall–Kier alpha value is -1.83. The van der Waals surface area contributed by atoms with Crippen molar-refractivity contribution in [3.8, 4) is 6.07 Å². The van der Waals surface area contributed by atoms with Crippen LogP contribution in [0.1, 0.15) is 32.6 Å². The van der Waals surface area contributed by atoms with E-state index in [0.717, 1.165) is 19.3 Å². The van der Waals surface area contributed by atoms with Crippen molar-refractivity contribution < 1.29 is 14.7 Å². The highest BCUT2D eigenvalue weighted by atomic mass is 16.4. The number of nitrogens with two attached hydrogens (primary N) is 1. The SMILES string of the molecule is CCC(C#N)C(N)=O.O=C(O)C1=CCCC1. The summed E-state index contributed by atoms with van der Waals surface area (Å²) in [5, 5.41) is 16.5. The molecule has 0 bridgehead atoms. The predicted molar refractivity (Wildman–Crippen MR) is 58.2 cm³/mol. The van der Waals surface area contributed by atoms with Crippen molar-refractivity contribution >= 4 is 11.9 Å². The number of carboxylic acids is 1. The quantitative estimate of drug-likeness (QED) is 0.751. The molecular weight excluding hydrogens is 208 g/mol. The standard InChI is InChI=1S/C6H8O2.C5H8N2O/c7-6(8)5-3-1-2-4-5;1-2-4(3-6)5(7)8/h3H,1-2,4H2,(H,7,8);4H,2H2,1H3,(H2,7,8). The van der Waals surface area contributed by atoms with Gasteiger partial charge in [0.2, 0.25) is 5.91 Å². The molecule has 16 heavy (non-hydrogen) atoms. The zero-order valence-electron chi connectivity index (χ0n) is 9.27. The number of primary amides is 1. The van der Waals surface area contributed by atoms with Gasteiger partial charge in [-0.2, -0.15) is 5.26 Å². The van der Waals surface area contributed by atoms with Crippen molar-refractivity contribution in [2.24, 2.45) is 11.7 Å². The lowest BCUT2D eigenvalue weighted by atomic mass is 10.1. The molecular formula is C11H16N2O3. The van der Waals surface area contributed by atoms with Crippen molar-refractivity contribution in [2.75, 3.05) is 0 Å². The number of carbonyl (C=O) groups is 2. The molecule has 0 heterocycles. The van der Waals surface area contributed by atoms with E-state index in [4.69, 9.17) is 16.1 Å². The molecule has 1 aliphatic carbocycles. The Balaban J connectivity index is 0.000000281. The summed E-state index contributed by atoms with van der Waals surface area (Å²) in [6, 6.07) is 1.78. The van der Waals surface area contributed by atoms with Crippen LogP contribution in [0.15, 0.2) is 11.6 Å². The summed E-state index contributed by atoms with van der Waals surface area (Å²) in [5.41, 5.74) is 5.38. The molecule has 0 aliphatic heterocycles. The third-order valence-electron chi connectivity index (χ3n) is 2.22. The molecule has 0 saturated carbocycles. The molecule has 5 heteroatoms. The van der Waals surface area contributed by atoms with Gasteiger partial charge in [0, 0.05) is 5.57 Å². The van der Waals surface area contributed by atoms with Gasteiger partial charge in [0.05, 0.1) is 6.07 Å². The third-order valence-corrected chi connectivity index (χ3v) is 2.22. The van der Waals surface area contributed by atoms with Crippen LogP contribution < -0.4 is 5.73 Å².